The molecule has 1 aromatic heterocycles. The quantitative estimate of drug-likeness (QED) is 0.368. The summed E-state index contributed by atoms with van der Waals surface area (Å²) < 4.78 is 6.61. The first-order chi connectivity index (χ1) is 17.2. The zero-order chi connectivity index (χ0) is 25.9. The van der Waals surface area contributed by atoms with E-state index in [0.717, 1.165) is 28.1 Å². The second-order valence-electron chi connectivity index (χ2n) is 9.95. The van der Waals surface area contributed by atoms with Crippen LogP contribution in [-0.4, -0.2) is 41.9 Å². The van der Waals surface area contributed by atoms with E-state index in [9.17, 15) is 4.79 Å². The Bertz CT molecular complexity index is 1320. The highest BCUT2D eigenvalue weighted by molar-refractivity contribution is 5.97. The maximum absolute atomic E-state index is 13.5. The number of rotatable bonds is 7. The van der Waals surface area contributed by atoms with Gasteiger partial charge in [-0.1, -0.05) is 45.0 Å². The number of carbonyl (C=O) groups excluding carboxylic acids is 1. The van der Waals surface area contributed by atoms with Crippen molar-refractivity contribution in [3.05, 3.63) is 89.5 Å². The standard InChI is InChI=1S/C29H33N5O2/c1-29(2,3)23-13-9-22(10-14-23)27(35)34-28(30-19-20-7-15-24(16-8-20)33(4)5)31-26(32-34)21-11-17-25(36-6)18-12-21/h7-18H,19H2,1-6H3,(H,30,31,32). The van der Waals surface area contributed by atoms with Gasteiger partial charge in [0, 0.05) is 37.5 Å². The lowest BCUT2D eigenvalue weighted by Crippen LogP contribution is -2.18. The van der Waals surface area contributed by atoms with Crippen molar-refractivity contribution >= 4 is 17.5 Å². The molecule has 0 spiro atoms. The van der Waals surface area contributed by atoms with Crippen LogP contribution in [0.3, 0.4) is 0 Å². The summed E-state index contributed by atoms with van der Waals surface area (Å²) in [6, 6.07) is 23.4. The van der Waals surface area contributed by atoms with Crippen molar-refractivity contribution in [3.8, 4) is 17.1 Å². The van der Waals surface area contributed by atoms with Crippen molar-refractivity contribution in [1.82, 2.24) is 14.8 Å². The number of nitrogens with one attached hydrogen (secondary N) is 1. The molecule has 0 amide bonds. The first-order valence-electron chi connectivity index (χ1n) is 11.9. The summed E-state index contributed by atoms with van der Waals surface area (Å²) in [7, 11) is 5.64. The molecule has 0 fully saturated rings. The van der Waals surface area contributed by atoms with Crippen LogP contribution >= 0.6 is 0 Å². The van der Waals surface area contributed by atoms with Gasteiger partial charge in [0.1, 0.15) is 5.75 Å². The molecule has 0 saturated carbocycles. The highest BCUT2D eigenvalue weighted by Gasteiger charge is 2.20. The Morgan fingerprint density at radius 1 is 0.944 bits per heavy atom. The maximum Gasteiger partial charge on any atom is 0.281 e. The van der Waals surface area contributed by atoms with Gasteiger partial charge in [-0.2, -0.15) is 9.67 Å². The minimum absolute atomic E-state index is 0.00517. The summed E-state index contributed by atoms with van der Waals surface area (Å²) >= 11 is 0. The second kappa shape index (κ2) is 10.2. The smallest absolute Gasteiger partial charge is 0.281 e. The molecule has 0 aliphatic carbocycles. The molecule has 0 bridgehead atoms. The zero-order valence-corrected chi connectivity index (χ0v) is 21.7. The molecule has 3 aromatic carbocycles. The first-order valence-corrected chi connectivity index (χ1v) is 11.9. The Labute approximate surface area is 212 Å². The fraction of sp³-hybridized carbons (Fsp3) is 0.276. The van der Waals surface area contributed by atoms with Crippen LogP contribution in [0.25, 0.3) is 11.4 Å². The molecule has 7 nitrogen and oxygen atoms in total. The fourth-order valence-corrected chi connectivity index (χ4v) is 3.76. The van der Waals surface area contributed by atoms with Crippen LogP contribution in [0.4, 0.5) is 11.6 Å². The van der Waals surface area contributed by atoms with Gasteiger partial charge in [-0.3, -0.25) is 4.79 Å². The van der Waals surface area contributed by atoms with Gasteiger partial charge in [-0.25, -0.2) is 0 Å². The van der Waals surface area contributed by atoms with Gasteiger partial charge in [0.15, 0.2) is 5.82 Å². The maximum atomic E-state index is 13.5. The molecule has 1 heterocycles. The number of nitrogens with zero attached hydrogens (tertiary/aromatic N) is 4. The lowest BCUT2D eigenvalue weighted by atomic mass is 9.87. The molecule has 0 aliphatic heterocycles. The number of methoxy groups -OCH3 is 1. The summed E-state index contributed by atoms with van der Waals surface area (Å²) in [5, 5.41) is 7.89. The molecule has 186 valence electrons. The largest absolute Gasteiger partial charge is 0.497 e. The predicted molar refractivity (Wildman–Crippen MR) is 145 cm³/mol. The average molecular weight is 484 g/mol. The van der Waals surface area contributed by atoms with Gasteiger partial charge in [-0.15, -0.1) is 5.10 Å². The molecule has 1 N–H and O–H groups in total. The van der Waals surface area contributed by atoms with E-state index in [-0.39, 0.29) is 11.3 Å². The van der Waals surface area contributed by atoms with Crippen LogP contribution in [-0.2, 0) is 12.0 Å². The van der Waals surface area contributed by atoms with Crippen LogP contribution in [0.5, 0.6) is 5.75 Å². The lowest BCUT2D eigenvalue weighted by Gasteiger charge is -2.19. The van der Waals surface area contributed by atoms with Crippen molar-refractivity contribution in [2.45, 2.75) is 32.7 Å². The van der Waals surface area contributed by atoms with E-state index >= 15 is 0 Å². The number of benzene rings is 3. The highest BCUT2D eigenvalue weighted by atomic mass is 16.5. The van der Waals surface area contributed by atoms with E-state index in [0.29, 0.717) is 23.9 Å². The number of hydrogen-bond acceptors (Lipinski definition) is 6. The van der Waals surface area contributed by atoms with Gasteiger partial charge >= 0.3 is 0 Å². The van der Waals surface area contributed by atoms with Gasteiger partial charge in [0.2, 0.25) is 5.95 Å². The van der Waals surface area contributed by atoms with E-state index in [2.05, 4.69) is 65.3 Å². The molecule has 36 heavy (non-hydrogen) atoms. The van der Waals surface area contributed by atoms with Crippen molar-refractivity contribution in [2.75, 3.05) is 31.4 Å². The summed E-state index contributed by atoms with van der Waals surface area (Å²) in [4.78, 5) is 20.2. The third-order valence-corrected chi connectivity index (χ3v) is 6.05. The van der Waals surface area contributed by atoms with Crippen LogP contribution < -0.4 is 15.0 Å². The Balaban J connectivity index is 1.65. The molecule has 0 saturated heterocycles. The monoisotopic (exact) mass is 483 g/mol. The summed E-state index contributed by atoms with van der Waals surface area (Å²) in [6.45, 7) is 6.95. The molecule has 0 unspecified atom stereocenters. The number of ether oxygens (including phenoxy) is 1. The van der Waals surface area contributed by atoms with Crippen LogP contribution in [0.2, 0.25) is 0 Å². The number of hydrogen-bond donors (Lipinski definition) is 1. The van der Waals surface area contributed by atoms with Crippen molar-refractivity contribution in [1.29, 1.82) is 0 Å². The summed E-state index contributed by atoms with van der Waals surface area (Å²) in [6.07, 6.45) is 0. The third kappa shape index (κ3) is 5.57. The van der Waals surface area contributed by atoms with Gasteiger partial charge in [0.05, 0.1) is 7.11 Å². The first kappa shape index (κ1) is 25.0. The van der Waals surface area contributed by atoms with E-state index < -0.39 is 0 Å². The normalized spacial score (nSPS) is 11.3. The van der Waals surface area contributed by atoms with Crippen molar-refractivity contribution in [3.63, 3.8) is 0 Å². The predicted octanol–water partition coefficient (Wildman–Crippen LogP) is 5.62. The van der Waals surface area contributed by atoms with Crippen molar-refractivity contribution < 1.29 is 9.53 Å². The van der Waals surface area contributed by atoms with E-state index in [1.807, 2.05) is 62.6 Å². The van der Waals surface area contributed by atoms with E-state index in [1.165, 1.54) is 4.68 Å². The number of aromatic nitrogens is 3. The molecule has 4 rings (SSSR count). The Hall–Kier alpha value is -4.13. The van der Waals surface area contributed by atoms with Crippen molar-refractivity contribution in [2.24, 2.45) is 0 Å². The summed E-state index contributed by atoms with van der Waals surface area (Å²) in [5.41, 5.74) is 4.71. The third-order valence-electron chi connectivity index (χ3n) is 6.05. The van der Waals surface area contributed by atoms with Gasteiger partial charge in [-0.05, 0) is 65.1 Å². The molecule has 0 radical (unpaired) electrons. The van der Waals surface area contributed by atoms with E-state index in [4.69, 9.17) is 4.74 Å². The SMILES string of the molecule is COc1ccc(-c2nc(NCc3ccc(N(C)C)cc3)n(C(=O)c3ccc(C(C)(C)C)cc3)n2)cc1. The Morgan fingerprint density at radius 3 is 2.14 bits per heavy atom. The van der Waals surface area contributed by atoms with Crippen LogP contribution in [0.15, 0.2) is 72.8 Å². The second-order valence-corrected chi connectivity index (χ2v) is 9.95. The fourth-order valence-electron chi connectivity index (χ4n) is 3.76. The molecular formula is C29H33N5O2. The topological polar surface area (TPSA) is 72.3 Å². The average Bonchev–Trinajstić information content (AvgIpc) is 3.31. The molecular weight excluding hydrogens is 450 g/mol. The number of carbonyl (C=O) groups is 1. The summed E-state index contributed by atoms with van der Waals surface area (Å²) in [5.74, 6) is 1.35. The van der Waals surface area contributed by atoms with Crippen LogP contribution in [0.1, 0.15) is 42.3 Å². The van der Waals surface area contributed by atoms with Gasteiger partial charge in [0.25, 0.3) is 5.91 Å². The van der Waals surface area contributed by atoms with Crippen LogP contribution in [0, 0.1) is 0 Å². The molecule has 0 aliphatic rings. The highest BCUT2D eigenvalue weighted by Crippen LogP contribution is 2.25. The molecule has 0 atom stereocenters. The zero-order valence-electron chi connectivity index (χ0n) is 21.7. The Morgan fingerprint density at radius 2 is 1.58 bits per heavy atom. The number of anilines is 2. The molecule has 7 heteroatoms. The minimum Gasteiger partial charge on any atom is -0.497 e. The minimum atomic E-state index is -0.242. The Kier molecular flexibility index (Phi) is 7.10. The van der Waals surface area contributed by atoms with Gasteiger partial charge < -0.3 is 15.0 Å². The lowest BCUT2D eigenvalue weighted by molar-refractivity contribution is 0.0947. The van der Waals surface area contributed by atoms with E-state index in [1.54, 1.807) is 7.11 Å². The molecule has 4 aromatic rings.